The average molecular weight is 557 g/mol. The standard InChI is InChI=1S/C34H41FN4O2/c1-6-38(7-2)20-8-19-36-32-22-31-29(21-30(32)35)34(40)39(23-26-11-16-28(41-5)17-12-26)33(37-31)18-13-25-9-14-27(15-10-25)24(3)4/h9-18,21-22,24,36H,6-8,19-20,23H2,1-5H3/b18-13+. The SMILES string of the molecule is CCN(CC)CCCNc1cc2nc(/C=C/c3ccc(C(C)C)cc3)n(Cc3ccc(OC)cc3)c(=O)c2cc1F. The summed E-state index contributed by atoms with van der Waals surface area (Å²) < 4.78 is 22.0. The van der Waals surface area contributed by atoms with Gasteiger partial charge in [0.15, 0.2) is 0 Å². The molecule has 7 heteroatoms. The molecule has 0 aliphatic rings. The summed E-state index contributed by atoms with van der Waals surface area (Å²) in [4.78, 5) is 20.9. The summed E-state index contributed by atoms with van der Waals surface area (Å²) in [7, 11) is 1.62. The van der Waals surface area contributed by atoms with Gasteiger partial charge in [-0.3, -0.25) is 9.36 Å². The Morgan fingerprint density at radius 3 is 2.37 bits per heavy atom. The number of anilines is 1. The molecule has 3 aromatic carbocycles. The van der Waals surface area contributed by atoms with Crippen molar-refractivity contribution in [2.24, 2.45) is 0 Å². The lowest BCUT2D eigenvalue weighted by Crippen LogP contribution is -2.26. The quantitative estimate of drug-likeness (QED) is 0.179. The second-order valence-corrected chi connectivity index (χ2v) is 10.5. The van der Waals surface area contributed by atoms with Gasteiger partial charge in [0.1, 0.15) is 17.4 Å². The molecule has 0 saturated carbocycles. The molecule has 0 fully saturated rings. The number of nitrogens with zero attached hydrogens (tertiary/aromatic N) is 3. The number of rotatable bonds is 13. The van der Waals surface area contributed by atoms with E-state index in [1.54, 1.807) is 17.7 Å². The van der Waals surface area contributed by atoms with Crippen LogP contribution in [0.5, 0.6) is 5.75 Å². The molecular formula is C34H41FN4O2. The van der Waals surface area contributed by atoms with Crippen LogP contribution in [-0.4, -0.2) is 47.7 Å². The molecule has 1 heterocycles. The molecule has 216 valence electrons. The summed E-state index contributed by atoms with van der Waals surface area (Å²) in [5.41, 5.74) is 3.72. The van der Waals surface area contributed by atoms with Crippen molar-refractivity contribution >= 4 is 28.7 Å². The van der Waals surface area contributed by atoms with E-state index in [1.165, 1.54) is 11.6 Å². The van der Waals surface area contributed by atoms with Crippen LogP contribution in [0.3, 0.4) is 0 Å². The highest BCUT2D eigenvalue weighted by molar-refractivity contribution is 5.83. The second kappa shape index (κ2) is 14.1. The number of fused-ring (bicyclic) bond motifs is 1. The second-order valence-electron chi connectivity index (χ2n) is 10.5. The average Bonchev–Trinajstić information content (AvgIpc) is 2.99. The fourth-order valence-corrected chi connectivity index (χ4v) is 4.82. The van der Waals surface area contributed by atoms with E-state index in [-0.39, 0.29) is 10.9 Å². The van der Waals surface area contributed by atoms with Crippen molar-refractivity contribution < 1.29 is 9.13 Å². The Morgan fingerprint density at radius 1 is 1.02 bits per heavy atom. The van der Waals surface area contributed by atoms with Crippen molar-refractivity contribution in [1.82, 2.24) is 14.5 Å². The molecular weight excluding hydrogens is 515 g/mol. The van der Waals surface area contributed by atoms with Gasteiger partial charge in [0.25, 0.3) is 5.56 Å². The topological polar surface area (TPSA) is 59.4 Å². The smallest absolute Gasteiger partial charge is 0.262 e. The zero-order valence-electron chi connectivity index (χ0n) is 24.8. The van der Waals surface area contributed by atoms with Crippen molar-refractivity contribution in [2.45, 2.75) is 46.6 Å². The number of hydrogen-bond acceptors (Lipinski definition) is 5. The lowest BCUT2D eigenvalue weighted by molar-refractivity contribution is 0.303. The summed E-state index contributed by atoms with van der Waals surface area (Å²) in [6, 6.07) is 18.9. The Balaban J connectivity index is 1.69. The van der Waals surface area contributed by atoms with Gasteiger partial charge in [0.05, 0.1) is 30.2 Å². The lowest BCUT2D eigenvalue weighted by atomic mass is 10.0. The van der Waals surface area contributed by atoms with Crippen LogP contribution >= 0.6 is 0 Å². The molecule has 0 amide bonds. The maximum Gasteiger partial charge on any atom is 0.262 e. The van der Waals surface area contributed by atoms with Crippen LogP contribution in [0.1, 0.15) is 62.5 Å². The Bertz CT molecular complexity index is 1520. The highest BCUT2D eigenvalue weighted by Gasteiger charge is 2.14. The monoisotopic (exact) mass is 556 g/mol. The number of nitrogens with one attached hydrogen (secondary N) is 1. The van der Waals surface area contributed by atoms with Crippen molar-refractivity contribution in [2.75, 3.05) is 38.6 Å². The molecule has 0 aliphatic carbocycles. The molecule has 0 aliphatic heterocycles. The molecule has 4 aromatic rings. The number of hydrogen-bond donors (Lipinski definition) is 1. The Kier molecular flexibility index (Phi) is 10.3. The fraction of sp³-hybridized carbons (Fsp3) is 0.353. The minimum Gasteiger partial charge on any atom is -0.497 e. The van der Waals surface area contributed by atoms with Gasteiger partial charge >= 0.3 is 0 Å². The lowest BCUT2D eigenvalue weighted by Gasteiger charge is -2.18. The molecule has 41 heavy (non-hydrogen) atoms. The van der Waals surface area contributed by atoms with Gasteiger partial charge in [-0.05, 0) is 79.0 Å². The van der Waals surface area contributed by atoms with E-state index in [4.69, 9.17) is 9.72 Å². The maximum atomic E-state index is 15.1. The van der Waals surface area contributed by atoms with E-state index in [2.05, 4.69) is 62.2 Å². The van der Waals surface area contributed by atoms with Crippen LogP contribution < -0.4 is 15.6 Å². The van der Waals surface area contributed by atoms with Gasteiger partial charge in [0, 0.05) is 6.54 Å². The first kappa shape index (κ1) is 30.0. The molecule has 0 unspecified atom stereocenters. The Hall–Kier alpha value is -3.97. The van der Waals surface area contributed by atoms with Crippen molar-refractivity contribution in [1.29, 1.82) is 0 Å². The fourth-order valence-electron chi connectivity index (χ4n) is 4.82. The van der Waals surface area contributed by atoms with Gasteiger partial charge < -0.3 is 15.0 Å². The molecule has 4 rings (SSSR count). The predicted octanol–water partition coefficient (Wildman–Crippen LogP) is 7.03. The third-order valence-corrected chi connectivity index (χ3v) is 7.46. The van der Waals surface area contributed by atoms with Crippen molar-refractivity contribution in [3.63, 3.8) is 0 Å². The number of benzene rings is 3. The summed E-state index contributed by atoms with van der Waals surface area (Å²) in [5, 5.41) is 3.46. The normalized spacial score (nSPS) is 11.7. The minimum absolute atomic E-state index is 0.253. The van der Waals surface area contributed by atoms with E-state index in [1.807, 2.05) is 36.4 Å². The van der Waals surface area contributed by atoms with Crippen LogP contribution in [0.4, 0.5) is 10.1 Å². The van der Waals surface area contributed by atoms with Gasteiger partial charge in [-0.25, -0.2) is 9.37 Å². The Morgan fingerprint density at radius 2 is 1.73 bits per heavy atom. The zero-order chi connectivity index (χ0) is 29.4. The van der Waals surface area contributed by atoms with Crippen LogP contribution in [0.25, 0.3) is 23.1 Å². The molecule has 1 aromatic heterocycles. The third-order valence-electron chi connectivity index (χ3n) is 7.46. The minimum atomic E-state index is -0.455. The van der Waals surface area contributed by atoms with Gasteiger partial charge in [-0.2, -0.15) is 0 Å². The van der Waals surface area contributed by atoms with Crippen molar-refractivity contribution in [3.8, 4) is 5.75 Å². The van der Waals surface area contributed by atoms with E-state index in [0.29, 0.717) is 36.0 Å². The van der Waals surface area contributed by atoms with Crippen LogP contribution in [0.15, 0.2) is 65.5 Å². The maximum absolute atomic E-state index is 15.1. The predicted molar refractivity (Wildman–Crippen MR) is 168 cm³/mol. The number of aromatic nitrogens is 2. The molecule has 6 nitrogen and oxygen atoms in total. The van der Waals surface area contributed by atoms with E-state index in [9.17, 15) is 4.79 Å². The first-order valence-electron chi connectivity index (χ1n) is 14.4. The summed E-state index contributed by atoms with van der Waals surface area (Å²) >= 11 is 0. The van der Waals surface area contributed by atoms with E-state index >= 15 is 4.39 Å². The van der Waals surface area contributed by atoms with Gasteiger partial charge in [-0.15, -0.1) is 0 Å². The Labute approximate surface area is 242 Å². The largest absolute Gasteiger partial charge is 0.497 e. The summed E-state index contributed by atoms with van der Waals surface area (Å²) in [6.07, 6.45) is 4.70. The summed E-state index contributed by atoms with van der Waals surface area (Å²) in [5.74, 6) is 1.24. The first-order valence-corrected chi connectivity index (χ1v) is 14.4. The number of methoxy groups -OCH3 is 1. The van der Waals surface area contributed by atoms with Crippen LogP contribution in [-0.2, 0) is 6.54 Å². The first-order chi connectivity index (χ1) is 19.8. The van der Waals surface area contributed by atoms with Gasteiger partial charge in [0.2, 0.25) is 0 Å². The van der Waals surface area contributed by atoms with Gasteiger partial charge in [-0.1, -0.05) is 70.2 Å². The molecule has 0 atom stereocenters. The number of ether oxygens (including phenoxy) is 1. The number of halogens is 1. The molecule has 0 saturated heterocycles. The zero-order valence-corrected chi connectivity index (χ0v) is 24.8. The molecule has 0 spiro atoms. The highest BCUT2D eigenvalue weighted by Crippen LogP contribution is 2.22. The van der Waals surface area contributed by atoms with Crippen LogP contribution in [0.2, 0.25) is 0 Å². The molecule has 1 N–H and O–H groups in total. The highest BCUT2D eigenvalue weighted by atomic mass is 19.1. The summed E-state index contributed by atoms with van der Waals surface area (Å²) in [6.45, 7) is 12.5. The van der Waals surface area contributed by atoms with Crippen molar-refractivity contribution in [3.05, 3.63) is 99.3 Å². The third kappa shape index (κ3) is 7.61. The molecule has 0 bridgehead atoms. The van der Waals surface area contributed by atoms with Crippen LogP contribution in [0, 0.1) is 5.82 Å². The van der Waals surface area contributed by atoms with E-state index < -0.39 is 5.82 Å². The van der Waals surface area contributed by atoms with E-state index in [0.717, 1.165) is 42.9 Å². The molecule has 0 radical (unpaired) electrons.